The van der Waals surface area contributed by atoms with Gasteiger partial charge in [-0.2, -0.15) is 0 Å². The molecular formula is C40H40N2O10+2. The third kappa shape index (κ3) is 6.05. The number of fused-ring (bicyclic) bond motifs is 2. The number of aliphatic hydroxyl groups excluding tert-OH is 4. The van der Waals surface area contributed by atoms with Gasteiger partial charge in [0.1, 0.15) is 54.1 Å². The summed E-state index contributed by atoms with van der Waals surface area (Å²) in [4.78, 5) is 25.7. The van der Waals surface area contributed by atoms with E-state index in [1.54, 1.807) is 61.4 Å². The van der Waals surface area contributed by atoms with E-state index in [9.17, 15) is 30.0 Å². The molecule has 6 atom stereocenters. The Morgan fingerprint density at radius 1 is 0.673 bits per heavy atom. The highest BCUT2D eigenvalue weighted by Crippen LogP contribution is 2.41. The quantitative estimate of drug-likeness (QED) is 0.171. The minimum Gasteiger partial charge on any atom is -0.503 e. The molecule has 52 heavy (non-hydrogen) atoms. The predicted molar refractivity (Wildman–Crippen MR) is 187 cm³/mol. The molecule has 4 N–H and O–H groups in total. The van der Waals surface area contributed by atoms with Crippen molar-refractivity contribution in [2.24, 2.45) is 0 Å². The van der Waals surface area contributed by atoms with Gasteiger partial charge >= 0.3 is 0 Å². The van der Waals surface area contributed by atoms with E-state index < -0.39 is 18.8 Å². The lowest BCUT2D eigenvalue weighted by molar-refractivity contribution is -0.925. The summed E-state index contributed by atoms with van der Waals surface area (Å²) in [6.07, 6.45) is 16.9. The van der Waals surface area contributed by atoms with Crippen molar-refractivity contribution >= 4 is 22.7 Å². The van der Waals surface area contributed by atoms with Crippen LogP contribution in [0.5, 0.6) is 0 Å². The number of ketones is 2. The molecule has 0 spiro atoms. The normalized spacial score (nSPS) is 28.2. The molecule has 4 aromatic heterocycles. The van der Waals surface area contributed by atoms with Gasteiger partial charge in [0.15, 0.2) is 30.3 Å². The van der Waals surface area contributed by atoms with Gasteiger partial charge in [0.2, 0.25) is 11.6 Å². The second-order valence-electron chi connectivity index (χ2n) is 13.5. The maximum absolute atomic E-state index is 12.9. The Bertz CT molecular complexity index is 2110. The molecular weight excluding hydrogens is 668 g/mol. The molecule has 268 valence electrons. The van der Waals surface area contributed by atoms with Crippen molar-refractivity contribution in [2.75, 3.05) is 20.4 Å². The average Bonchev–Trinajstić information content (AvgIpc) is 3.97. The molecule has 4 aliphatic rings. The number of carbonyl (C=O) groups is 2. The molecule has 12 heteroatoms. The van der Waals surface area contributed by atoms with Crippen molar-refractivity contribution in [3.63, 3.8) is 0 Å². The van der Waals surface area contributed by atoms with Gasteiger partial charge in [-0.05, 0) is 67.6 Å². The maximum atomic E-state index is 12.9. The number of rotatable bonds is 8. The number of allylic oxidation sites excluding steroid dienone is 2. The highest BCUT2D eigenvalue weighted by molar-refractivity contribution is 6.03. The highest BCUT2D eigenvalue weighted by atomic mass is 16.3. The summed E-state index contributed by atoms with van der Waals surface area (Å²) < 4.78 is 21.6. The molecule has 0 aromatic carbocycles. The fraction of sp³-hybridized carbons (Fsp3) is 0.250. The zero-order chi connectivity index (χ0) is 36.6. The van der Waals surface area contributed by atoms with Crippen LogP contribution in [0.15, 0.2) is 151 Å². The molecule has 0 fully saturated rings. The fourth-order valence-electron chi connectivity index (χ4n) is 7.61. The summed E-state index contributed by atoms with van der Waals surface area (Å²) in [6, 6.07) is 12.4. The fourth-order valence-corrected chi connectivity index (χ4v) is 7.61. The van der Waals surface area contributed by atoms with Crippen molar-refractivity contribution in [1.29, 1.82) is 0 Å². The van der Waals surface area contributed by atoms with E-state index >= 15 is 0 Å². The number of nitrogens with zero attached hydrogens (tertiary/aromatic N) is 2. The minimum absolute atomic E-state index is 0.00712. The Morgan fingerprint density at radius 2 is 1.17 bits per heavy atom. The zero-order valence-electron chi connectivity index (χ0n) is 28.7. The van der Waals surface area contributed by atoms with E-state index in [-0.39, 0.29) is 46.3 Å². The second kappa shape index (κ2) is 13.8. The van der Waals surface area contributed by atoms with Crippen LogP contribution < -0.4 is 0 Å². The first kappa shape index (κ1) is 34.8. The SMILES string of the molecule is CC1C(c2ccco2)=CC(=O)C2C=C(Cc3ccco3)C(O)=C[N+]12C.O=C1C=C(c2ccco2)C(CO)[N+]2(CO)C=C(O)C(Cc3ccco3)=CC12. The smallest absolute Gasteiger partial charge is 0.218 e. The van der Waals surface area contributed by atoms with Crippen LogP contribution >= 0.6 is 0 Å². The lowest BCUT2D eigenvalue weighted by Crippen LogP contribution is -2.65. The number of carbonyl (C=O) groups excluding carboxylic acids is 2. The molecule has 8 heterocycles. The Labute approximate surface area is 299 Å². The Morgan fingerprint density at radius 3 is 1.69 bits per heavy atom. The van der Waals surface area contributed by atoms with Crippen LogP contribution in [0.3, 0.4) is 0 Å². The van der Waals surface area contributed by atoms with E-state index in [1.807, 2.05) is 44.3 Å². The number of quaternary nitrogens is 2. The second-order valence-corrected chi connectivity index (χ2v) is 13.5. The van der Waals surface area contributed by atoms with Crippen LogP contribution in [-0.2, 0) is 22.4 Å². The van der Waals surface area contributed by atoms with E-state index in [0.717, 1.165) is 11.3 Å². The molecule has 0 radical (unpaired) electrons. The lowest BCUT2D eigenvalue weighted by atomic mass is 9.86. The molecule has 6 unspecified atom stereocenters. The van der Waals surface area contributed by atoms with Crippen molar-refractivity contribution in [3.05, 3.63) is 156 Å². The minimum atomic E-state index is -0.758. The topological polar surface area (TPSA) is 168 Å². The summed E-state index contributed by atoms with van der Waals surface area (Å²) in [7, 11) is 1.96. The number of likely N-dealkylation sites (N-methyl/N-ethyl adjacent to an activating group) is 1. The number of hydrogen-bond acceptors (Lipinski definition) is 10. The highest BCUT2D eigenvalue weighted by Gasteiger charge is 2.53. The average molecular weight is 709 g/mol. The first-order chi connectivity index (χ1) is 25.1. The summed E-state index contributed by atoms with van der Waals surface area (Å²) in [5, 5.41) is 41.5. The van der Waals surface area contributed by atoms with Crippen LogP contribution in [0.4, 0.5) is 0 Å². The van der Waals surface area contributed by atoms with Crippen LogP contribution in [0.2, 0.25) is 0 Å². The summed E-state index contributed by atoms with van der Waals surface area (Å²) in [5.74, 6) is 2.46. The first-order valence-electron chi connectivity index (χ1n) is 16.9. The molecule has 0 saturated heterocycles. The molecule has 0 bridgehead atoms. The standard InChI is InChI=1S/C20H19NO6.C20H19NO4/c22-11-17-15(20-4-2-6-27-20)9-18(24)16-8-13(7-14-3-1-5-26-14)19(25)10-21(16,17)12-23;1-13-16(20-6-4-8-25-20)11-18(22)17-10-14(9-15-5-3-7-24-15)19(23)12-21(13,17)2/h1-6,8-10,16-17,22-23H,7,11-12H2;3-8,10-13,17H,9H2,1-2H3/p+2. The first-order valence-corrected chi connectivity index (χ1v) is 16.9. The summed E-state index contributed by atoms with van der Waals surface area (Å²) in [5.41, 5.74) is 2.59. The van der Waals surface area contributed by atoms with Crippen LogP contribution in [0.25, 0.3) is 11.1 Å². The van der Waals surface area contributed by atoms with Crippen LogP contribution in [0.1, 0.15) is 30.0 Å². The Balaban J connectivity index is 0.000000162. The maximum Gasteiger partial charge on any atom is 0.218 e. The van der Waals surface area contributed by atoms with Gasteiger partial charge in [-0.25, -0.2) is 0 Å². The van der Waals surface area contributed by atoms with Gasteiger partial charge in [-0.3, -0.25) is 18.6 Å². The molecule has 4 aromatic rings. The van der Waals surface area contributed by atoms with Crippen molar-refractivity contribution in [1.82, 2.24) is 0 Å². The number of furan rings is 4. The van der Waals surface area contributed by atoms with E-state index in [1.165, 1.54) is 18.5 Å². The molecule has 8 rings (SSSR count). The van der Waals surface area contributed by atoms with Gasteiger partial charge in [-0.1, -0.05) is 0 Å². The van der Waals surface area contributed by atoms with Crippen molar-refractivity contribution in [2.45, 2.75) is 43.9 Å². The monoisotopic (exact) mass is 708 g/mol. The lowest BCUT2D eigenvalue weighted by Gasteiger charge is -2.47. The molecule has 12 nitrogen and oxygen atoms in total. The third-order valence-corrected chi connectivity index (χ3v) is 10.6. The number of aliphatic hydroxyl groups is 4. The molecule has 4 aliphatic heterocycles. The van der Waals surface area contributed by atoms with Crippen LogP contribution in [-0.4, -0.2) is 85.5 Å². The third-order valence-electron chi connectivity index (χ3n) is 10.6. The summed E-state index contributed by atoms with van der Waals surface area (Å²) in [6.45, 7) is 1.25. The van der Waals surface area contributed by atoms with Gasteiger partial charge in [0.25, 0.3) is 0 Å². The molecule has 0 amide bonds. The van der Waals surface area contributed by atoms with Gasteiger partial charge < -0.3 is 38.1 Å². The van der Waals surface area contributed by atoms with Crippen LogP contribution in [0, 0.1) is 0 Å². The molecule has 0 saturated carbocycles. The Kier molecular flexibility index (Phi) is 9.24. The van der Waals surface area contributed by atoms with Gasteiger partial charge in [-0.15, -0.1) is 0 Å². The van der Waals surface area contributed by atoms with Gasteiger partial charge in [0.05, 0.1) is 43.2 Å². The summed E-state index contributed by atoms with van der Waals surface area (Å²) >= 11 is 0. The van der Waals surface area contributed by atoms with Crippen molar-refractivity contribution < 1.29 is 56.6 Å². The molecule has 0 aliphatic carbocycles. The Hall–Kier alpha value is -5.66. The largest absolute Gasteiger partial charge is 0.503 e. The van der Waals surface area contributed by atoms with E-state index in [4.69, 9.17) is 17.7 Å². The number of hydrogen-bond donors (Lipinski definition) is 4. The predicted octanol–water partition coefficient (Wildman–Crippen LogP) is 5.54. The van der Waals surface area contributed by atoms with Crippen molar-refractivity contribution in [3.8, 4) is 0 Å². The van der Waals surface area contributed by atoms with E-state index in [2.05, 4.69) is 0 Å². The van der Waals surface area contributed by atoms with E-state index in [0.29, 0.717) is 51.3 Å². The zero-order valence-corrected chi connectivity index (χ0v) is 28.7. The van der Waals surface area contributed by atoms with Gasteiger partial charge in [0, 0.05) is 36.1 Å².